The second-order valence-electron chi connectivity index (χ2n) is 7.63. The molecule has 1 N–H and O–H groups in total. The van der Waals surface area contributed by atoms with Crippen molar-refractivity contribution in [2.75, 3.05) is 0 Å². The summed E-state index contributed by atoms with van der Waals surface area (Å²) in [6.45, 7) is 4.47. The second-order valence-corrected chi connectivity index (χ2v) is 7.63. The van der Waals surface area contributed by atoms with E-state index in [1.54, 1.807) is 0 Å². The Kier molecular flexibility index (Phi) is 3.05. The zero-order valence-corrected chi connectivity index (χ0v) is 16.0. The van der Waals surface area contributed by atoms with Gasteiger partial charge < -0.3 is 9.55 Å². The first-order valence-corrected chi connectivity index (χ1v) is 9.73. The van der Waals surface area contributed by atoms with E-state index in [0.29, 0.717) is 0 Å². The van der Waals surface area contributed by atoms with Crippen LogP contribution in [0.15, 0.2) is 78.9 Å². The molecule has 2 heteroatoms. The van der Waals surface area contributed by atoms with Gasteiger partial charge in [0.15, 0.2) is 0 Å². The van der Waals surface area contributed by atoms with Gasteiger partial charge in [0, 0.05) is 38.3 Å². The number of aromatic nitrogens is 2. The third-order valence-corrected chi connectivity index (χ3v) is 6.00. The normalized spacial score (nSPS) is 11.9. The van der Waals surface area contributed by atoms with E-state index in [4.69, 9.17) is 0 Å². The summed E-state index contributed by atoms with van der Waals surface area (Å²) in [7, 11) is 0. The fourth-order valence-corrected chi connectivity index (χ4v) is 4.82. The van der Waals surface area contributed by atoms with Crippen molar-refractivity contribution in [3.05, 3.63) is 90.0 Å². The highest BCUT2D eigenvalue weighted by Crippen LogP contribution is 2.40. The molecule has 0 aliphatic heterocycles. The molecule has 0 amide bonds. The molecule has 134 valence electrons. The van der Waals surface area contributed by atoms with E-state index >= 15 is 0 Å². The Bertz CT molecular complexity index is 1510. The first-order chi connectivity index (χ1) is 13.7. The van der Waals surface area contributed by atoms with Crippen molar-refractivity contribution in [1.29, 1.82) is 0 Å². The number of rotatable bonds is 1. The van der Waals surface area contributed by atoms with Gasteiger partial charge in [-0.05, 0) is 49.2 Å². The molecule has 0 radical (unpaired) electrons. The second kappa shape index (κ2) is 5.49. The van der Waals surface area contributed by atoms with Gasteiger partial charge in [-0.3, -0.25) is 0 Å². The number of aromatic amines is 1. The first-order valence-electron chi connectivity index (χ1n) is 9.73. The van der Waals surface area contributed by atoms with E-state index in [0.717, 1.165) is 0 Å². The van der Waals surface area contributed by atoms with Crippen molar-refractivity contribution in [3.8, 4) is 5.69 Å². The van der Waals surface area contributed by atoms with Gasteiger partial charge in [-0.15, -0.1) is 0 Å². The number of aryl methyl sites for hydroxylation is 2. The van der Waals surface area contributed by atoms with Gasteiger partial charge in [-0.25, -0.2) is 0 Å². The van der Waals surface area contributed by atoms with E-state index in [1.807, 2.05) is 0 Å². The minimum atomic E-state index is 1.19. The van der Waals surface area contributed by atoms with Crippen LogP contribution in [0.1, 0.15) is 11.1 Å². The Hall–Kier alpha value is -3.52. The number of para-hydroxylation sites is 3. The number of nitrogens with zero attached hydrogens (tertiary/aromatic N) is 1. The van der Waals surface area contributed by atoms with Crippen molar-refractivity contribution in [2.24, 2.45) is 0 Å². The highest BCUT2D eigenvalue weighted by molar-refractivity contribution is 6.20. The number of hydrogen-bond donors (Lipinski definition) is 1. The Balaban J connectivity index is 1.93. The van der Waals surface area contributed by atoms with Gasteiger partial charge in [0.1, 0.15) is 0 Å². The van der Waals surface area contributed by atoms with Crippen molar-refractivity contribution in [2.45, 2.75) is 13.8 Å². The summed E-state index contributed by atoms with van der Waals surface area (Å²) < 4.78 is 2.44. The summed E-state index contributed by atoms with van der Waals surface area (Å²) >= 11 is 0. The monoisotopic (exact) mass is 360 g/mol. The lowest BCUT2D eigenvalue weighted by Gasteiger charge is -2.11. The topological polar surface area (TPSA) is 20.7 Å². The van der Waals surface area contributed by atoms with Crippen LogP contribution in [0, 0.1) is 13.8 Å². The molecule has 0 aliphatic rings. The standard InChI is InChI=1S/C26H20N2/c1-16-9-8-13-19-21-15-23-24(20-12-6-7-14-22(20)27-23)17(2)26(21)28(25(16)19)18-10-4-3-5-11-18/h3-15,27H,1-2H3. The molecule has 0 saturated heterocycles. The lowest BCUT2D eigenvalue weighted by molar-refractivity contribution is 1.16. The van der Waals surface area contributed by atoms with Gasteiger partial charge in [0.25, 0.3) is 0 Å². The van der Waals surface area contributed by atoms with Crippen molar-refractivity contribution in [1.82, 2.24) is 9.55 Å². The smallest absolute Gasteiger partial charge is 0.0578 e. The minimum absolute atomic E-state index is 1.19. The molecule has 6 rings (SSSR count). The van der Waals surface area contributed by atoms with Crippen LogP contribution in [-0.4, -0.2) is 9.55 Å². The predicted octanol–water partition coefficient (Wildman–Crippen LogP) is 7.04. The zero-order valence-electron chi connectivity index (χ0n) is 16.0. The lowest BCUT2D eigenvalue weighted by atomic mass is 10.0. The number of H-pyrrole nitrogens is 1. The van der Waals surface area contributed by atoms with Crippen LogP contribution in [-0.2, 0) is 0 Å². The van der Waals surface area contributed by atoms with E-state index in [-0.39, 0.29) is 0 Å². The molecule has 0 fully saturated rings. The molecule has 0 spiro atoms. The summed E-state index contributed by atoms with van der Waals surface area (Å²) in [6.07, 6.45) is 0. The SMILES string of the molecule is Cc1cccc2c3cc4[nH]c5ccccc5c4c(C)c3n(-c3ccccc3)c12. The Morgan fingerprint density at radius 1 is 0.643 bits per heavy atom. The molecule has 28 heavy (non-hydrogen) atoms. The summed E-state index contributed by atoms with van der Waals surface area (Å²) in [5, 5.41) is 5.22. The van der Waals surface area contributed by atoms with E-state index in [1.165, 1.54) is 60.4 Å². The molecule has 0 aliphatic carbocycles. The van der Waals surface area contributed by atoms with E-state index in [9.17, 15) is 0 Å². The Labute approximate surface area is 163 Å². The molecule has 0 saturated carbocycles. The largest absolute Gasteiger partial charge is 0.354 e. The summed E-state index contributed by atoms with van der Waals surface area (Å²) in [6, 6.07) is 28.2. The number of fused-ring (bicyclic) bond motifs is 6. The fourth-order valence-electron chi connectivity index (χ4n) is 4.82. The highest BCUT2D eigenvalue weighted by Gasteiger charge is 2.19. The third-order valence-electron chi connectivity index (χ3n) is 6.00. The van der Waals surface area contributed by atoms with Crippen molar-refractivity contribution in [3.63, 3.8) is 0 Å². The molecule has 2 nitrogen and oxygen atoms in total. The number of benzene rings is 4. The zero-order chi connectivity index (χ0) is 18.8. The van der Waals surface area contributed by atoms with Gasteiger partial charge in [-0.2, -0.15) is 0 Å². The average Bonchev–Trinajstić information content (AvgIpc) is 3.26. The number of nitrogens with one attached hydrogen (secondary N) is 1. The number of hydrogen-bond acceptors (Lipinski definition) is 0. The molecule has 4 aromatic carbocycles. The Morgan fingerprint density at radius 3 is 2.25 bits per heavy atom. The van der Waals surface area contributed by atoms with Crippen molar-refractivity contribution < 1.29 is 0 Å². The van der Waals surface area contributed by atoms with Crippen LogP contribution < -0.4 is 0 Å². The van der Waals surface area contributed by atoms with Gasteiger partial charge in [0.2, 0.25) is 0 Å². The minimum Gasteiger partial charge on any atom is -0.354 e. The van der Waals surface area contributed by atoms with Crippen LogP contribution in [0.3, 0.4) is 0 Å². The van der Waals surface area contributed by atoms with E-state index in [2.05, 4.69) is 102 Å². The molecule has 0 unspecified atom stereocenters. The van der Waals surface area contributed by atoms with Crippen LogP contribution in [0.4, 0.5) is 0 Å². The van der Waals surface area contributed by atoms with Crippen LogP contribution >= 0.6 is 0 Å². The van der Waals surface area contributed by atoms with Crippen LogP contribution in [0.2, 0.25) is 0 Å². The first kappa shape index (κ1) is 15.5. The summed E-state index contributed by atoms with van der Waals surface area (Å²) in [5.41, 5.74) is 8.82. The lowest BCUT2D eigenvalue weighted by Crippen LogP contribution is -1.96. The van der Waals surface area contributed by atoms with E-state index < -0.39 is 0 Å². The molecule has 2 aromatic heterocycles. The maximum atomic E-state index is 3.63. The quantitative estimate of drug-likeness (QED) is 0.325. The molecule has 6 aromatic rings. The fraction of sp³-hybridized carbons (Fsp3) is 0.0769. The average molecular weight is 360 g/mol. The molecule has 2 heterocycles. The molecular weight excluding hydrogens is 340 g/mol. The maximum absolute atomic E-state index is 3.63. The van der Waals surface area contributed by atoms with Gasteiger partial charge in [-0.1, -0.05) is 54.6 Å². The predicted molar refractivity (Wildman–Crippen MR) is 120 cm³/mol. The highest BCUT2D eigenvalue weighted by atomic mass is 15.0. The van der Waals surface area contributed by atoms with Gasteiger partial charge in [0.05, 0.1) is 11.0 Å². The molecule has 0 bridgehead atoms. The van der Waals surface area contributed by atoms with Gasteiger partial charge >= 0.3 is 0 Å². The van der Waals surface area contributed by atoms with Crippen molar-refractivity contribution >= 4 is 43.6 Å². The summed E-state index contributed by atoms with van der Waals surface area (Å²) in [5.74, 6) is 0. The molecular formula is C26H20N2. The Morgan fingerprint density at radius 2 is 1.39 bits per heavy atom. The molecule has 0 atom stereocenters. The van der Waals surface area contributed by atoms with Crippen LogP contribution in [0.25, 0.3) is 49.3 Å². The summed E-state index contributed by atoms with van der Waals surface area (Å²) in [4.78, 5) is 3.63. The maximum Gasteiger partial charge on any atom is 0.0578 e. The van der Waals surface area contributed by atoms with Crippen LogP contribution in [0.5, 0.6) is 0 Å². The third kappa shape index (κ3) is 1.92.